The number of nitrogens with zero attached hydrogens (tertiary/aromatic N) is 4. The highest BCUT2D eigenvalue weighted by atomic mass is 16.1. The molecule has 4 rings (SSSR count). The van der Waals surface area contributed by atoms with Crippen molar-refractivity contribution in [2.45, 2.75) is 72.4 Å². The summed E-state index contributed by atoms with van der Waals surface area (Å²) in [4.78, 5) is 19.5. The molecular weight excluding hydrogens is 398 g/mol. The summed E-state index contributed by atoms with van der Waals surface area (Å²) in [5.41, 5.74) is 8.00. The Hall–Kier alpha value is -2.73. The zero-order valence-corrected chi connectivity index (χ0v) is 20.0. The fraction of sp³-hybridized carbons (Fsp3) is 0.500. The number of benzene rings is 1. The minimum absolute atomic E-state index is 0.0831. The van der Waals surface area contributed by atoms with Crippen molar-refractivity contribution in [2.24, 2.45) is 0 Å². The second kappa shape index (κ2) is 9.41. The van der Waals surface area contributed by atoms with Crippen LogP contribution in [0, 0.1) is 20.8 Å². The van der Waals surface area contributed by atoms with E-state index >= 15 is 0 Å². The van der Waals surface area contributed by atoms with Gasteiger partial charge in [0.05, 0.1) is 5.69 Å². The Balaban J connectivity index is 1.48. The molecule has 3 aromatic rings. The Morgan fingerprint density at radius 3 is 2.75 bits per heavy atom. The topological polar surface area (TPSA) is 62.5 Å². The van der Waals surface area contributed by atoms with E-state index in [1.165, 1.54) is 11.1 Å². The molecule has 0 aliphatic carbocycles. The van der Waals surface area contributed by atoms with Gasteiger partial charge in [-0.3, -0.25) is 9.69 Å². The summed E-state index contributed by atoms with van der Waals surface area (Å²) < 4.78 is 1.97. The van der Waals surface area contributed by atoms with Gasteiger partial charge in [-0.15, -0.1) is 0 Å². The van der Waals surface area contributed by atoms with E-state index < -0.39 is 0 Å². The molecule has 1 saturated heterocycles. The monoisotopic (exact) mass is 433 g/mol. The summed E-state index contributed by atoms with van der Waals surface area (Å²) in [6.07, 6.45) is 2.27. The fourth-order valence-electron chi connectivity index (χ4n) is 4.78. The molecule has 170 valence electrons. The van der Waals surface area contributed by atoms with Crippen molar-refractivity contribution in [3.63, 3.8) is 0 Å². The van der Waals surface area contributed by atoms with Crippen molar-refractivity contribution < 1.29 is 4.79 Å². The van der Waals surface area contributed by atoms with Gasteiger partial charge < -0.3 is 5.32 Å². The molecule has 3 heterocycles. The van der Waals surface area contributed by atoms with Crippen LogP contribution in [0.1, 0.15) is 66.4 Å². The van der Waals surface area contributed by atoms with Gasteiger partial charge in [0.25, 0.3) is 0 Å². The molecule has 32 heavy (non-hydrogen) atoms. The fourth-order valence-corrected chi connectivity index (χ4v) is 4.78. The second-order valence-corrected chi connectivity index (χ2v) is 9.47. The Labute approximate surface area is 191 Å². The summed E-state index contributed by atoms with van der Waals surface area (Å²) in [5.74, 6) is 0.514. The lowest BCUT2D eigenvalue weighted by Gasteiger charge is -2.17. The normalized spacial score (nSPS) is 16.9. The minimum atomic E-state index is 0.0831. The van der Waals surface area contributed by atoms with E-state index in [9.17, 15) is 4.79 Å². The number of amides is 1. The van der Waals surface area contributed by atoms with Crippen LogP contribution in [0.2, 0.25) is 0 Å². The van der Waals surface area contributed by atoms with E-state index in [-0.39, 0.29) is 11.9 Å². The van der Waals surface area contributed by atoms with Crippen LogP contribution in [0.4, 0.5) is 0 Å². The number of hydrogen-bond donors (Lipinski definition) is 1. The number of nitrogens with one attached hydrogen (secondary N) is 1. The minimum Gasteiger partial charge on any atom is -0.354 e. The van der Waals surface area contributed by atoms with Gasteiger partial charge in [-0.2, -0.15) is 5.10 Å². The third kappa shape index (κ3) is 4.85. The molecule has 6 heteroatoms. The molecule has 1 amide bonds. The summed E-state index contributed by atoms with van der Waals surface area (Å²) in [7, 11) is 0. The molecule has 0 spiro atoms. The first-order chi connectivity index (χ1) is 15.3. The van der Waals surface area contributed by atoms with Gasteiger partial charge in [-0.25, -0.2) is 9.50 Å². The average Bonchev–Trinajstić information content (AvgIpc) is 3.36. The van der Waals surface area contributed by atoms with E-state index in [2.05, 4.69) is 54.4 Å². The van der Waals surface area contributed by atoms with Gasteiger partial charge >= 0.3 is 0 Å². The third-order valence-electron chi connectivity index (χ3n) is 6.58. The predicted octanol–water partition coefficient (Wildman–Crippen LogP) is 4.10. The van der Waals surface area contributed by atoms with Crippen molar-refractivity contribution in [3.8, 4) is 0 Å². The Kier molecular flexibility index (Phi) is 6.60. The van der Waals surface area contributed by atoms with Crippen LogP contribution in [0.25, 0.3) is 5.65 Å². The van der Waals surface area contributed by atoms with Crippen LogP contribution in [-0.4, -0.2) is 44.5 Å². The van der Waals surface area contributed by atoms with Crippen LogP contribution in [0.3, 0.4) is 0 Å². The SMILES string of the molecule is Cc1ccccc1CN1CCC(c2cc3nc(C)c(CCC(=O)NC(C)C)c(C)n3n2)C1. The lowest BCUT2D eigenvalue weighted by atomic mass is 10.1. The molecule has 2 aromatic heterocycles. The lowest BCUT2D eigenvalue weighted by Crippen LogP contribution is -2.30. The predicted molar refractivity (Wildman–Crippen MR) is 128 cm³/mol. The van der Waals surface area contributed by atoms with E-state index in [4.69, 9.17) is 10.1 Å². The molecule has 1 aliphatic rings. The number of carbonyl (C=O) groups excluding carboxylic acids is 1. The molecule has 1 N–H and O–H groups in total. The maximum Gasteiger partial charge on any atom is 0.220 e. The molecule has 0 saturated carbocycles. The second-order valence-electron chi connectivity index (χ2n) is 9.47. The molecule has 0 radical (unpaired) electrons. The molecule has 0 bridgehead atoms. The quantitative estimate of drug-likeness (QED) is 0.609. The standard InChI is InChI=1S/C26H35N5O/c1-17(2)27-26(32)11-10-23-19(4)28-25-14-24(29-31(25)20(23)5)22-12-13-30(16-22)15-21-9-7-6-8-18(21)3/h6-9,14,17,22H,10-13,15-16H2,1-5H3,(H,27,32). The first-order valence-electron chi connectivity index (χ1n) is 11.7. The first kappa shape index (κ1) is 22.5. The van der Waals surface area contributed by atoms with Gasteiger partial charge in [0.1, 0.15) is 0 Å². The summed E-state index contributed by atoms with van der Waals surface area (Å²) in [6.45, 7) is 13.4. The maximum atomic E-state index is 12.1. The molecule has 1 unspecified atom stereocenters. The highest BCUT2D eigenvalue weighted by Crippen LogP contribution is 2.29. The molecule has 6 nitrogen and oxygen atoms in total. The molecule has 1 atom stereocenters. The molecule has 1 fully saturated rings. The highest BCUT2D eigenvalue weighted by molar-refractivity contribution is 5.76. The van der Waals surface area contributed by atoms with Crippen LogP contribution in [-0.2, 0) is 17.8 Å². The number of aryl methyl sites for hydroxylation is 3. The first-order valence-corrected chi connectivity index (χ1v) is 11.7. The number of carbonyl (C=O) groups is 1. The Morgan fingerprint density at radius 1 is 1.22 bits per heavy atom. The van der Waals surface area contributed by atoms with Gasteiger partial charge in [-0.1, -0.05) is 24.3 Å². The number of fused-ring (bicyclic) bond motifs is 1. The zero-order valence-electron chi connectivity index (χ0n) is 20.0. The van der Waals surface area contributed by atoms with Crippen LogP contribution in [0.5, 0.6) is 0 Å². The zero-order chi connectivity index (χ0) is 22.8. The maximum absolute atomic E-state index is 12.1. The number of aromatic nitrogens is 3. The van der Waals surface area contributed by atoms with Crippen molar-refractivity contribution in [1.82, 2.24) is 24.8 Å². The van der Waals surface area contributed by atoms with Crippen LogP contribution < -0.4 is 5.32 Å². The number of rotatable bonds is 7. The van der Waals surface area contributed by atoms with Crippen LogP contribution in [0.15, 0.2) is 30.3 Å². The lowest BCUT2D eigenvalue weighted by molar-refractivity contribution is -0.121. The summed E-state index contributed by atoms with van der Waals surface area (Å²) in [6, 6.07) is 11.0. The van der Waals surface area contributed by atoms with Crippen molar-refractivity contribution in [3.05, 3.63) is 64.1 Å². The highest BCUT2D eigenvalue weighted by Gasteiger charge is 2.27. The molecule has 1 aromatic carbocycles. The Morgan fingerprint density at radius 2 is 2.00 bits per heavy atom. The Bertz CT molecular complexity index is 1120. The smallest absolute Gasteiger partial charge is 0.220 e. The van der Waals surface area contributed by atoms with E-state index in [1.54, 1.807) is 0 Å². The van der Waals surface area contributed by atoms with Crippen LogP contribution >= 0.6 is 0 Å². The third-order valence-corrected chi connectivity index (χ3v) is 6.58. The van der Waals surface area contributed by atoms with E-state index in [1.807, 2.05) is 25.3 Å². The largest absolute Gasteiger partial charge is 0.354 e. The summed E-state index contributed by atoms with van der Waals surface area (Å²) >= 11 is 0. The molecule has 1 aliphatic heterocycles. The number of hydrogen-bond acceptors (Lipinski definition) is 4. The molecular formula is C26H35N5O. The van der Waals surface area contributed by atoms with Gasteiger partial charge in [0, 0.05) is 48.9 Å². The van der Waals surface area contributed by atoms with Gasteiger partial charge in [0.2, 0.25) is 5.91 Å². The average molecular weight is 434 g/mol. The van der Waals surface area contributed by atoms with Crippen molar-refractivity contribution in [1.29, 1.82) is 0 Å². The summed E-state index contributed by atoms with van der Waals surface area (Å²) in [5, 5.41) is 7.93. The number of likely N-dealkylation sites (tertiary alicyclic amines) is 1. The van der Waals surface area contributed by atoms with E-state index in [0.29, 0.717) is 18.8 Å². The van der Waals surface area contributed by atoms with Crippen molar-refractivity contribution >= 4 is 11.6 Å². The van der Waals surface area contributed by atoms with E-state index in [0.717, 1.165) is 54.3 Å². The van der Waals surface area contributed by atoms with Crippen molar-refractivity contribution in [2.75, 3.05) is 13.1 Å². The van der Waals surface area contributed by atoms with Gasteiger partial charge in [0.15, 0.2) is 5.65 Å². The van der Waals surface area contributed by atoms with Gasteiger partial charge in [-0.05, 0) is 70.7 Å².